The Labute approximate surface area is 208 Å². The molecule has 2 aliphatic rings. The molecule has 1 fully saturated rings. The lowest BCUT2D eigenvalue weighted by Gasteiger charge is -2.35. The fourth-order valence-corrected chi connectivity index (χ4v) is 6.88. The molecule has 0 bridgehead atoms. The van der Waals surface area contributed by atoms with Crippen molar-refractivity contribution in [2.75, 3.05) is 44.2 Å². The van der Waals surface area contributed by atoms with E-state index in [1.165, 1.54) is 4.90 Å². The number of nitrogens with one attached hydrogen (secondary N) is 1. The summed E-state index contributed by atoms with van der Waals surface area (Å²) in [6.07, 6.45) is 0.998. The van der Waals surface area contributed by atoms with Crippen LogP contribution in [-0.4, -0.2) is 70.2 Å². The number of anilines is 1. The number of carbonyl (C=O) groups excluding carboxylic acids is 1. The van der Waals surface area contributed by atoms with Crippen molar-refractivity contribution >= 4 is 44.9 Å². The lowest BCUT2D eigenvalue weighted by Crippen LogP contribution is -2.50. The number of para-hydroxylation sites is 1. The maximum atomic E-state index is 13.3. The average Bonchev–Trinajstić information content (AvgIpc) is 2.98. The molecule has 3 aromatic rings. The Morgan fingerprint density at radius 3 is 2.65 bits per heavy atom. The van der Waals surface area contributed by atoms with Gasteiger partial charge in [0, 0.05) is 47.7 Å². The first-order valence-electron chi connectivity index (χ1n) is 11.9. The molecule has 1 saturated heterocycles. The Morgan fingerprint density at radius 1 is 1.12 bits per heavy atom. The van der Waals surface area contributed by atoms with Crippen molar-refractivity contribution in [2.24, 2.45) is 0 Å². The SMILES string of the molecule is Cc1sc2nc(CN3CCN(CC(=O)N4CC[C@@H](C)Sc5ccccc54)CC3)[nH]c(=O)c2c1C. The minimum atomic E-state index is -0.0451. The molecule has 4 heterocycles. The van der Waals surface area contributed by atoms with Crippen molar-refractivity contribution in [1.29, 1.82) is 0 Å². The number of aromatic nitrogens is 2. The van der Waals surface area contributed by atoms with Crippen molar-refractivity contribution in [2.45, 2.75) is 43.9 Å². The number of H-pyrrole nitrogens is 1. The van der Waals surface area contributed by atoms with E-state index in [2.05, 4.69) is 33.8 Å². The number of nitrogens with zero attached hydrogens (tertiary/aromatic N) is 4. The third-order valence-electron chi connectivity index (χ3n) is 6.83. The van der Waals surface area contributed by atoms with E-state index in [4.69, 9.17) is 4.98 Å². The quantitative estimate of drug-likeness (QED) is 0.594. The Bertz CT molecular complexity index is 1260. The van der Waals surface area contributed by atoms with Crippen LogP contribution in [0.1, 0.15) is 29.6 Å². The summed E-state index contributed by atoms with van der Waals surface area (Å²) in [6, 6.07) is 8.25. The van der Waals surface area contributed by atoms with Gasteiger partial charge in [0.15, 0.2) is 0 Å². The van der Waals surface area contributed by atoms with Crippen LogP contribution in [0.4, 0.5) is 5.69 Å². The molecule has 7 nitrogen and oxygen atoms in total. The lowest BCUT2D eigenvalue weighted by atomic mass is 10.2. The summed E-state index contributed by atoms with van der Waals surface area (Å²) in [7, 11) is 0. The van der Waals surface area contributed by atoms with Crippen LogP contribution in [0.15, 0.2) is 34.0 Å². The van der Waals surface area contributed by atoms with E-state index in [1.807, 2.05) is 42.6 Å². The van der Waals surface area contributed by atoms with Gasteiger partial charge in [0.2, 0.25) is 5.91 Å². The molecule has 1 amide bonds. The van der Waals surface area contributed by atoms with Gasteiger partial charge in [0.05, 0.1) is 24.2 Å². The van der Waals surface area contributed by atoms with Gasteiger partial charge in [-0.25, -0.2) is 4.98 Å². The van der Waals surface area contributed by atoms with Crippen LogP contribution in [0.5, 0.6) is 0 Å². The largest absolute Gasteiger partial charge is 0.310 e. The number of thioether (sulfide) groups is 1. The summed E-state index contributed by atoms with van der Waals surface area (Å²) in [4.78, 5) is 43.2. The number of benzene rings is 1. The Balaban J connectivity index is 1.20. The van der Waals surface area contributed by atoms with Gasteiger partial charge in [-0.2, -0.15) is 0 Å². The number of thiophene rings is 1. The number of piperazine rings is 1. The fraction of sp³-hybridized carbons (Fsp3) is 0.480. The molecule has 0 aliphatic carbocycles. The lowest BCUT2D eigenvalue weighted by molar-refractivity contribution is -0.120. The second kappa shape index (κ2) is 9.81. The fourth-order valence-electron chi connectivity index (χ4n) is 4.71. The van der Waals surface area contributed by atoms with Gasteiger partial charge >= 0.3 is 0 Å². The van der Waals surface area contributed by atoms with E-state index in [9.17, 15) is 9.59 Å². The van der Waals surface area contributed by atoms with Gasteiger partial charge in [0.25, 0.3) is 5.56 Å². The first-order chi connectivity index (χ1) is 16.4. The second-order valence-electron chi connectivity index (χ2n) is 9.26. The molecule has 2 aliphatic heterocycles. The molecular formula is C25H31N5O2S2. The summed E-state index contributed by atoms with van der Waals surface area (Å²) in [5.74, 6) is 0.895. The van der Waals surface area contributed by atoms with Gasteiger partial charge < -0.3 is 9.88 Å². The minimum Gasteiger partial charge on any atom is -0.310 e. The van der Waals surface area contributed by atoms with Crippen molar-refractivity contribution in [1.82, 2.24) is 19.8 Å². The number of hydrogen-bond donors (Lipinski definition) is 1. The van der Waals surface area contributed by atoms with Crippen LogP contribution in [0.2, 0.25) is 0 Å². The zero-order valence-corrected chi connectivity index (χ0v) is 21.6. The number of fused-ring (bicyclic) bond motifs is 2. The zero-order valence-electron chi connectivity index (χ0n) is 20.0. The molecule has 1 aromatic carbocycles. The van der Waals surface area contributed by atoms with Crippen molar-refractivity contribution < 1.29 is 4.79 Å². The number of amides is 1. The molecule has 0 unspecified atom stereocenters. The van der Waals surface area contributed by atoms with Gasteiger partial charge in [-0.05, 0) is 38.0 Å². The molecule has 1 N–H and O–H groups in total. The monoisotopic (exact) mass is 497 g/mol. The predicted octanol–water partition coefficient (Wildman–Crippen LogP) is 3.64. The molecule has 34 heavy (non-hydrogen) atoms. The smallest absolute Gasteiger partial charge is 0.259 e. The molecule has 180 valence electrons. The highest BCUT2D eigenvalue weighted by Gasteiger charge is 2.27. The summed E-state index contributed by atoms with van der Waals surface area (Å²) < 4.78 is 0. The topological polar surface area (TPSA) is 72.5 Å². The second-order valence-corrected chi connectivity index (χ2v) is 11.9. The molecule has 1 atom stereocenters. The molecule has 0 spiro atoms. The van der Waals surface area contributed by atoms with Crippen LogP contribution >= 0.6 is 23.1 Å². The minimum absolute atomic E-state index is 0.0451. The number of aromatic amines is 1. The van der Waals surface area contributed by atoms with Crippen molar-refractivity contribution in [3.05, 3.63) is 50.9 Å². The molecule has 0 radical (unpaired) electrons. The highest BCUT2D eigenvalue weighted by atomic mass is 32.2. The van der Waals surface area contributed by atoms with Gasteiger partial charge in [-0.1, -0.05) is 19.1 Å². The highest BCUT2D eigenvalue weighted by molar-refractivity contribution is 8.00. The number of aryl methyl sites for hydroxylation is 2. The Morgan fingerprint density at radius 2 is 1.85 bits per heavy atom. The third kappa shape index (κ3) is 4.79. The maximum Gasteiger partial charge on any atom is 0.259 e. The van der Waals surface area contributed by atoms with E-state index in [1.54, 1.807) is 11.3 Å². The van der Waals surface area contributed by atoms with Crippen molar-refractivity contribution in [3.63, 3.8) is 0 Å². The Kier molecular flexibility index (Phi) is 6.79. The van der Waals surface area contributed by atoms with Crippen LogP contribution in [-0.2, 0) is 11.3 Å². The molecule has 5 rings (SSSR count). The molecule has 0 saturated carbocycles. The van der Waals surface area contributed by atoms with Crippen LogP contribution in [0.25, 0.3) is 10.2 Å². The van der Waals surface area contributed by atoms with Crippen LogP contribution < -0.4 is 10.5 Å². The maximum absolute atomic E-state index is 13.3. The van der Waals surface area contributed by atoms with Crippen LogP contribution in [0, 0.1) is 13.8 Å². The summed E-state index contributed by atoms with van der Waals surface area (Å²) in [6.45, 7) is 11.4. The van der Waals surface area contributed by atoms with Gasteiger partial charge in [0.1, 0.15) is 10.7 Å². The standard InChI is InChI=1S/C25H31N5O2S2/c1-16-8-9-30(19-6-4-5-7-20(19)33-16)22(31)15-29-12-10-28(11-13-29)14-21-26-24(32)23-17(2)18(3)34-25(23)27-21/h4-7,16H,8-15H2,1-3H3,(H,26,27,32)/t16-/m1/s1. The van der Waals surface area contributed by atoms with E-state index in [0.29, 0.717) is 18.3 Å². The Hall–Kier alpha value is -2.20. The third-order valence-corrected chi connectivity index (χ3v) is 9.17. The van der Waals surface area contributed by atoms with E-state index in [0.717, 1.165) is 71.3 Å². The van der Waals surface area contributed by atoms with E-state index in [-0.39, 0.29) is 11.5 Å². The number of hydrogen-bond acceptors (Lipinski definition) is 7. The van der Waals surface area contributed by atoms with Crippen LogP contribution in [0.3, 0.4) is 0 Å². The average molecular weight is 498 g/mol. The van der Waals surface area contributed by atoms with E-state index < -0.39 is 0 Å². The first-order valence-corrected chi connectivity index (χ1v) is 13.6. The normalized spacial score (nSPS) is 19.9. The highest BCUT2D eigenvalue weighted by Crippen LogP contribution is 2.37. The van der Waals surface area contributed by atoms with Crippen molar-refractivity contribution in [3.8, 4) is 0 Å². The first kappa shape index (κ1) is 23.5. The molecule has 2 aromatic heterocycles. The number of carbonyl (C=O) groups is 1. The predicted molar refractivity (Wildman–Crippen MR) is 140 cm³/mol. The van der Waals surface area contributed by atoms with Gasteiger partial charge in [-0.15, -0.1) is 23.1 Å². The summed E-state index contributed by atoms with van der Waals surface area (Å²) in [5.41, 5.74) is 2.03. The zero-order chi connectivity index (χ0) is 23.8. The number of rotatable bonds is 4. The summed E-state index contributed by atoms with van der Waals surface area (Å²) in [5, 5.41) is 1.22. The molecule has 9 heteroatoms. The van der Waals surface area contributed by atoms with Gasteiger partial charge in [-0.3, -0.25) is 19.4 Å². The van der Waals surface area contributed by atoms with E-state index >= 15 is 0 Å². The summed E-state index contributed by atoms with van der Waals surface area (Å²) >= 11 is 3.45. The molecular weight excluding hydrogens is 466 g/mol.